The molecule has 0 spiro atoms. The molecule has 1 unspecified atom stereocenters. The van der Waals surface area contributed by atoms with Crippen LogP contribution in [-0.4, -0.2) is 67.6 Å². The van der Waals surface area contributed by atoms with E-state index in [2.05, 4.69) is 21.4 Å². The maximum absolute atomic E-state index is 14.6. The number of benzene rings is 5. The summed E-state index contributed by atoms with van der Waals surface area (Å²) in [6.45, 7) is 12.7. The summed E-state index contributed by atoms with van der Waals surface area (Å²) in [6.07, 6.45) is -0.397. The standard InChI is InChI=1S/C46H57N5O6/c1-8-55-44(56-9-2)31(3)42(39-23-15-19-34-17-11-13-22-38(34)39)49-43(53)40(28-32-24-26-36(27-25-32)57-46(4,5)6)48-41(52)30-51(7)50-45(54)47-29-35-20-14-18-33-16-10-12-21-37(33)35/h10-27,31,40,42,44H,8-9,28-30H2,1-7H3,(H,48,52)(H,49,53)(H2,47,50,54)/t31-,40?,42-/m0/s1. The molecular weight excluding hydrogens is 719 g/mol. The molecule has 0 bridgehead atoms. The second kappa shape index (κ2) is 20.1. The van der Waals surface area contributed by atoms with Gasteiger partial charge in [0.05, 0.1) is 12.6 Å². The lowest BCUT2D eigenvalue weighted by molar-refractivity contribution is -0.170. The summed E-state index contributed by atoms with van der Waals surface area (Å²) in [5.41, 5.74) is 5.04. The maximum Gasteiger partial charge on any atom is 0.329 e. The molecule has 57 heavy (non-hydrogen) atoms. The second-order valence-corrected chi connectivity index (χ2v) is 15.2. The van der Waals surface area contributed by atoms with E-state index in [4.69, 9.17) is 14.2 Å². The number of urea groups is 1. The van der Waals surface area contributed by atoms with Crippen LogP contribution < -0.4 is 26.1 Å². The van der Waals surface area contributed by atoms with Gasteiger partial charge in [-0.15, -0.1) is 0 Å². The van der Waals surface area contributed by atoms with E-state index < -0.39 is 30.3 Å². The fourth-order valence-electron chi connectivity index (χ4n) is 6.93. The van der Waals surface area contributed by atoms with Crippen molar-refractivity contribution in [2.75, 3.05) is 26.8 Å². The highest BCUT2D eigenvalue weighted by Crippen LogP contribution is 2.32. The van der Waals surface area contributed by atoms with Gasteiger partial charge in [-0.25, -0.2) is 9.80 Å². The molecule has 5 aromatic rings. The van der Waals surface area contributed by atoms with Gasteiger partial charge in [-0.1, -0.05) is 104 Å². The Balaban J connectivity index is 1.34. The van der Waals surface area contributed by atoms with E-state index in [9.17, 15) is 14.4 Å². The third kappa shape index (κ3) is 12.2. The van der Waals surface area contributed by atoms with Crippen LogP contribution in [0.1, 0.15) is 64.3 Å². The van der Waals surface area contributed by atoms with Crippen LogP contribution in [0.5, 0.6) is 5.75 Å². The van der Waals surface area contributed by atoms with Crippen LogP contribution in [-0.2, 0) is 32.0 Å². The number of ether oxygens (including phenoxy) is 3. The van der Waals surface area contributed by atoms with Crippen LogP contribution in [0.2, 0.25) is 0 Å². The molecule has 5 aromatic carbocycles. The molecular formula is C46H57N5O6. The Hall–Kier alpha value is -5.49. The van der Waals surface area contributed by atoms with Crippen LogP contribution in [0.4, 0.5) is 4.79 Å². The van der Waals surface area contributed by atoms with Crippen molar-refractivity contribution in [2.45, 2.75) is 78.5 Å². The topological polar surface area (TPSA) is 130 Å². The molecule has 4 amide bonds. The largest absolute Gasteiger partial charge is 0.488 e. The summed E-state index contributed by atoms with van der Waals surface area (Å²) < 4.78 is 18.1. The van der Waals surface area contributed by atoms with Crippen molar-refractivity contribution >= 4 is 39.4 Å². The number of nitrogens with one attached hydrogen (secondary N) is 4. The monoisotopic (exact) mass is 775 g/mol. The zero-order valence-corrected chi connectivity index (χ0v) is 34.1. The second-order valence-electron chi connectivity index (χ2n) is 15.2. The smallest absolute Gasteiger partial charge is 0.329 e. The maximum atomic E-state index is 14.6. The van der Waals surface area contributed by atoms with E-state index in [0.29, 0.717) is 25.5 Å². The predicted molar refractivity (Wildman–Crippen MR) is 225 cm³/mol. The summed E-state index contributed by atoms with van der Waals surface area (Å²) >= 11 is 0. The lowest BCUT2D eigenvalue weighted by Gasteiger charge is -2.33. The van der Waals surface area contributed by atoms with Crippen molar-refractivity contribution in [3.63, 3.8) is 0 Å². The SMILES string of the molecule is CCOC(OCC)[C@@H](C)[C@H](NC(=O)C(Cc1ccc(OC(C)(C)C)cc1)NC(=O)CN(C)NC(=O)NCc1cccc2ccccc12)c1cccc2ccccc12. The Morgan fingerprint density at radius 3 is 1.98 bits per heavy atom. The van der Waals surface area contributed by atoms with Crippen molar-refractivity contribution in [3.8, 4) is 5.75 Å². The number of hydrogen-bond donors (Lipinski definition) is 4. The molecule has 0 saturated heterocycles. The number of hydrazine groups is 1. The van der Waals surface area contributed by atoms with Crippen LogP contribution >= 0.6 is 0 Å². The molecule has 3 atom stereocenters. The first kappa shape index (κ1) is 42.6. The number of carbonyl (C=O) groups excluding carboxylic acids is 3. The number of likely N-dealkylation sites (N-methyl/N-ethyl adjacent to an activating group) is 1. The Labute approximate surface area is 336 Å². The molecule has 0 radical (unpaired) electrons. The minimum absolute atomic E-state index is 0.201. The van der Waals surface area contributed by atoms with Crippen molar-refractivity contribution in [1.29, 1.82) is 0 Å². The number of nitrogens with zero attached hydrogens (tertiary/aromatic N) is 1. The van der Waals surface area contributed by atoms with Crippen LogP contribution in [0.3, 0.4) is 0 Å². The zero-order chi connectivity index (χ0) is 41.0. The first-order valence-corrected chi connectivity index (χ1v) is 19.7. The van der Waals surface area contributed by atoms with Crippen LogP contribution in [0, 0.1) is 5.92 Å². The molecule has 5 rings (SSSR count). The van der Waals surface area contributed by atoms with E-state index >= 15 is 0 Å². The average molecular weight is 776 g/mol. The highest BCUT2D eigenvalue weighted by Gasteiger charge is 2.33. The Morgan fingerprint density at radius 1 is 0.737 bits per heavy atom. The zero-order valence-electron chi connectivity index (χ0n) is 34.1. The number of amides is 4. The molecule has 11 heteroatoms. The van der Waals surface area contributed by atoms with Crippen molar-refractivity contribution in [1.82, 2.24) is 26.4 Å². The number of rotatable bonds is 18. The van der Waals surface area contributed by atoms with Gasteiger partial charge in [-0.3, -0.25) is 15.0 Å². The third-order valence-electron chi connectivity index (χ3n) is 9.50. The molecule has 0 aromatic heterocycles. The molecule has 4 N–H and O–H groups in total. The molecule has 11 nitrogen and oxygen atoms in total. The van der Waals surface area contributed by atoms with Crippen molar-refractivity contribution in [2.24, 2.45) is 5.92 Å². The quantitative estimate of drug-likeness (QED) is 0.0538. The summed E-state index contributed by atoms with van der Waals surface area (Å²) in [5, 5.41) is 14.7. The number of fused-ring (bicyclic) bond motifs is 2. The Bertz CT molecular complexity index is 2080. The lowest BCUT2D eigenvalue weighted by atomic mass is 9.89. The molecule has 0 aliphatic carbocycles. The van der Waals surface area contributed by atoms with Crippen LogP contribution in [0.15, 0.2) is 109 Å². The molecule has 0 fully saturated rings. The first-order chi connectivity index (χ1) is 27.3. The van der Waals surface area contributed by atoms with E-state index in [1.165, 1.54) is 5.01 Å². The van der Waals surface area contributed by atoms with Gasteiger partial charge in [0.15, 0.2) is 6.29 Å². The normalized spacial score (nSPS) is 13.3. The van der Waals surface area contributed by atoms with Gasteiger partial charge in [0.25, 0.3) is 0 Å². The van der Waals surface area contributed by atoms with E-state index in [1.807, 2.05) is 151 Å². The number of carbonyl (C=O) groups is 3. The van der Waals surface area contributed by atoms with E-state index in [1.54, 1.807) is 7.05 Å². The molecule has 0 saturated carbocycles. The van der Waals surface area contributed by atoms with Crippen molar-refractivity contribution < 1.29 is 28.6 Å². The van der Waals surface area contributed by atoms with Crippen molar-refractivity contribution in [3.05, 3.63) is 126 Å². The molecule has 0 heterocycles. The van der Waals surface area contributed by atoms with Gasteiger partial charge >= 0.3 is 6.03 Å². The highest BCUT2D eigenvalue weighted by molar-refractivity contribution is 5.91. The van der Waals surface area contributed by atoms with E-state index in [0.717, 1.165) is 38.2 Å². The molecule has 0 aliphatic heterocycles. The Kier molecular flexibility index (Phi) is 15.0. The predicted octanol–water partition coefficient (Wildman–Crippen LogP) is 7.44. The lowest BCUT2D eigenvalue weighted by Crippen LogP contribution is -2.54. The van der Waals surface area contributed by atoms with Gasteiger partial charge in [-0.05, 0) is 85.0 Å². The van der Waals surface area contributed by atoms with Gasteiger partial charge in [0, 0.05) is 39.1 Å². The fourth-order valence-corrected chi connectivity index (χ4v) is 6.93. The first-order valence-electron chi connectivity index (χ1n) is 19.7. The molecule has 0 aliphatic rings. The number of hydrogen-bond acceptors (Lipinski definition) is 7. The highest BCUT2D eigenvalue weighted by atomic mass is 16.7. The third-order valence-corrected chi connectivity index (χ3v) is 9.50. The average Bonchev–Trinajstić information content (AvgIpc) is 3.18. The molecule has 302 valence electrons. The van der Waals surface area contributed by atoms with Crippen LogP contribution in [0.25, 0.3) is 21.5 Å². The summed E-state index contributed by atoms with van der Waals surface area (Å²) in [5.74, 6) is -0.438. The summed E-state index contributed by atoms with van der Waals surface area (Å²) in [7, 11) is 1.60. The summed E-state index contributed by atoms with van der Waals surface area (Å²) in [6, 6.07) is 33.5. The van der Waals surface area contributed by atoms with Gasteiger partial charge in [0.2, 0.25) is 11.8 Å². The summed E-state index contributed by atoms with van der Waals surface area (Å²) in [4.78, 5) is 41.1. The van der Waals surface area contributed by atoms with Gasteiger partial charge in [0.1, 0.15) is 17.4 Å². The minimum Gasteiger partial charge on any atom is -0.488 e. The van der Waals surface area contributed by atoms with Gasteiger partial charge in [-0.2, -0.15) is 0 Å². The van der Waals surface area contributed by atoms with E-state index in [-0.39, 0.29) is 30.4 Å². The Morgan fingerprint density at radius 2 is 1.33 bits per heavy atom. The fraction of sp³-hybridized carbons (Fsp3) is 0.370. The van der Waals surface area contributed by atoms with Gasteiger partial charge < -0.3 is 30.2 Å². The minimum atomic E-state index is -0.970.